The number of nitrogens with zero attached hydrogens (tertiary/aromatic N) is 4. The van der Waals surface area contributed by atoms with E-state index in [9.17, 15) is 13.2 Å². The monoisotopic (exact) mass is 338 g/mol. The van der Waals surface area contributed by atoms with Crippen molar-refractivity contribution in [2.24, 2.45) is 7.05 Å². The van der Waals surface area contributed by atoms with Gasteiger partial charge < -0.3 is 4.90 Å². The number of hydrogen-bond donors (Lipinski definition) is 1. The molecule has 1 radical (unpaired) electrons. The number of carbonyl (C=O) groups excluding carboxylic acids is 1. The Balaban J connectivity index is 0.00000242. The first-order valence-corrected chi connectivity index (χ1v) is 8.23. The summed E-state index contributed by atoms with van der Waals surface area (Å²) in [6.45, 7) is 2.75. The van der Waals surface area contributed by atoms with Gasteiger partial charge in [0.05, 0.1) is 17.9 Å². The number of hydrogen-bond acceptors (Lipinski definition) is 5. The molecule has 1 atom stereocenters. The Kier molecular flexibility index (Phi) is 6.87. The number of anilines is 1. The zero-order valence-corrected chi connectivity index (χ0v) is 16.3. The zero-order valence-electron chi connectivity index (χ0n) is 13.5. The van der Waals surface area contributed by atoms with Gasteiger partial charge in [-0.3, -0.25) is 9.48 Å². The summed E-state index contributed by atoms with van der Waals surface area (Å²) < 4.78 is 29.8. The number of likely N-dealkylation sites (N-methyl/N-ethyl adjacent to an activating group) is 1. The standard InChI is InChI=1S/C12H21N5O3S.Na/c1-10(18)14-21(19,20)17(12-7-13-16(3)9-12)11-5-4-6-15(2)8-11;/h7,9,11H,4-6,8H2,1-3H3,(H,14,18);. The van der Waals surface area contributed by atoms with Crippen LogP contribution in [0.25, 0.3) is 0 Å². The summed E-state index contributed by atoms with van der Waals surface area (Å²) in [7, 11) is -0.252. The summed E-state index contributed by atoms with van der Waals surface area (Å²) in [5.74, 6) is -0.604. The van der Waals surface area contributed by atoms with E-state index < -0.39 is 16.1 Å². The Morgan fingerprint density at radius 3 is 2.64 bits per heavy atom. The van der Waals surface area contributed by atoms with Crippen LogP contribution in [0, 0.1) is 0 Å². The molecule has 8 nitrogen and oxygen atoms in total. The summed E-state index contributed by atoms with van der Waals surface area (Å²) in [5.41, 5.74) is 0.464. The normalized spacial score (nSPS) is 19.3. The van der Waals surface area contributed by atoms with Gasteiger partial charge in [-0.25, -0.2) is 9.03 Å². The van der Waals surface area contributed by atoms with Gasteiger partial charge in [-0.05, 0) is 26.4 Å². The molecule has 22 heavy (non-hydrogen) atoms. The van der Waals surface area contributed by atoms with Gasteiger partial charge in [-0.2, -0.15) is 13.5 Å². The summed E-state index contributed by atoms with van der Waals surface area (Å²) >= 11 is 0. The van der Waals surface area contributed by atoms with Crippen molar-refractivity contribution in [1.82, 2.24) is 19.4 Å². The summed E-state index contributed by atoms with van der Waals surface area (Å²) in [4.78, 5) is 13.3. The first-order chi connectivity index (χ1) is 9.79. The van der Waals surface area contributed by atoms with Crippen LogP contribution in [0.15, 0.2) is 12.4 Å². The number of aromatic nitrogens is 2. The minimum Gasteiger partial charge on any atom is -0.304 e. The third-order valence-electron chi connectivity index (χ3n) is 3.41. The average molecular weight is 338 g/mol. The van der Waals surface area contributed by atoms with Crippen LogP contribution in [0.1, 0.15) is 19.8 Å². The number of rotatable bonds is 4. The van der Waals surface area contributed by atoms with Crippen LogP contribution >= 0.6 is 0 Å². The van der Waals surface area contributed by atoms with E-state index in [0.717, 1.165) is 19.4 Å². The maximum absolute atomic E-state index is 12.5. The Bertz CT molecular complexity index is 618. The van der Waals surface area contributed by atoms with Crippen molar-refractivity contribution in [1.29, 1.82) is 0 Å². The Labute approximate surface area is 153 Å². The molecule has 0 aliphatic carbocycles. The molecule has 10 heteroatoms. The molecule has 1 aliphatic rings. The molecule has 2 heterocycles. The fourth-order valence-corrected chi connectivity index (χ4v) is 4.03. The molecular weight excluding hydrogens is 317 g/mol. The van der Waals surface area contributed by atoms with Gasteiger partial charge in [0, 0.05) is 56.3 Å². The van der Waals surface area contributed by atoms with E-state index in [-0.39, 0.29) is 35.6 Å². The molecule has 1 saturated heterocycles. The van der Waals surface area contributed by atoms with Crippen molar-refractivity contribution in [3.63, 3.8) is 0 Å². The van der Waals surface area contributed by atoms with Crippen molar-refractivity contribution in [3.05, 3.63) is 12.4 Å². The number of amides is 1. The maximum atomic E-state index is 12.5. The third-order valence-corrected chi connectivity index (χ3v) is 4.98. The Morgan fingerprint density at radius 1 is 1.45 bits per heavy atom. The molecule has 1 fully saturated rings. The fraction of sp³-hybridized carbons (Fsp3) is 0.667. The number of nitrogens with one attached hydrogen (secondary N) is 1. The average Bonchev–Trinajstić information content (AvgIpc) is 2.73. The predicted octanol–water partition coefficient (Wildman–Crippen LogP) is -0.679. The van der Waals surface area contributed by atoms with E-state index in [1.54, 1.807) is 13.2 Å². The molecule has 1 N–H and O–H groups in total. The van der Waals surface area contributed by atoms with Crippen molar-refractivity contribution < 1.29 is 13.2 Å². The van der Waals surface area contributed by atoms with E-state index >= 15 is 0 Å². The van der Waals surface area contributed by atoms with Gasteiger partial charge in [-0.1, -0.05) is 0 Å². The van der Waals surface area contributed by atoms with Crippen LogP contribution in [0.4, 0.5) is 5.69 Å². The molecular formula is C12H21N5NaO3S. The van der Waals surface area contributed by atoms with E-state index in [4.69, 9.17) is 0 Å². The van der Waals surface area contributed by atoms with Gasteiger partial charge in [0.15, 0.2) is 0 Å². The second-order valence-corrected chi connectivity index (χ2v) is 6.94. The molecule has 1 unspecified atom stereocenters. The van der Waals surface area contributed by atoms with Gasteiger partial charge in [-0.15, -0.1) is 0 Å². The van der Waals surface area contributed by atoms with Crippen LogP contribution in [-0.4, -0.2) is 84.7 Å². The first kappa shape index (κ1) is 19.4. The first-order valence-electron chi connectivity index (χ1n) is 6.79. The van der Waals surface area contributed by atoms with Crippen molar-refractivity contribution >= 4 is 51.4 Å². The van der Waals surface area contributed by atoms with Crippen LogP contribution in [0.2, 0.25) is 0 Å². The van der Waals surface area contributed by atoms with Crippen LogP contribution < -0.4 is 9.03 Å². The quantitative estimate of drug-likeness (QED) is 0.735. The third kappa shape index (κ3) is 4.69. The maximum Gasteiger partial charge on any atom is 0.326 e. The molecule has 0 bridgehead atoms. The SMILES string of the molecule is CC(=O)NS(=O)(=O)N(c1cnn(C)c1)C1CCCN(C)C1.[Na]. The molecule has 0 aromatic carbocycles. The summed E-state index contributed by atoms with van der Waals surface area (Å²) in [5, 5.41) is 4.03. The molecule has 1 aliphatic heterocycles. The molecule has 0 spiro atoms. The van der Waals surface area contributed by atoms with Gasteiger partial charge in [0.25, 0.3) is 0 Å². The second-order valence-electron chi connectivity index (χ2n) is 5.39. The van der Waals surface area contributed by atoms with Crippen molar-refractivity contribution in [2.75, 3.05) is 24.4 Å². The van der Waals surface area contributed by atoms with E-state index in [1.165, 1.54) is 22.1 Å². The van der Waals surface area contributed by atoms with Gasteiger partial charge in [0.2, 0.25) is 5.91 Å². The van der Waals surface area contributed by atoms with Crippen molar-refractivity contribution in [3.8, 4) is 0 Å². The van der Waals surface area contributed by atoms with Gasteiger partial charge >= 0.3 is 10.2 Å². The van der Waals surface area contributed by atoms with E-state index in [2.05, 4.69) is 10.00 Å². The number of carbonyl (C=O) groups is 1. The summed E-state index contributed by atoms with van der Waals surface area (Å²) in [6, 6.07) is -0.218. The van der Waals surface area contributed by atoms with Crippen LogP contribution in [0.3, 0.4) is 0 Å². The van der Waals surface area contributed by atoms with Crippen LogP contribution in [0.5, 0.6) is 0 Å². The number of aryl methyl sites for hydroxylation is 1. The van der Waals surface area contributed by atoms with Gasteiger partial charge in [0.1, 0.15) is 0 Å². The fourth-order valence-electron chi connectivity index (χ4n) is 2.63. The van der Waals surface area contributed by atoms with E-state index in [0.29, 0.717) is 12.2 Å². The summed E-state index contributed by atoms with van der Waals surface area (Å²) in [6.07, 6.45) is 4.79. The Hall–Kier alpha value is -0.610. The van der Waals surface area contributed by atoms with Crippen molar-refractivity contribution in [2.45, 2.75) is 25.8 Å². The number of likely N-dealkylation sites (tertiary alicyclic amines) is 1. The molecule has 2 rings (SSSR count). The predicted molar refractivity (Wildman–Crippen MR) is 84.7 cm³/mol. The zero-order chi connectivity index (χ0) is 15.6. The molecule has 1 aromatic rings. The minimum absolute atomic E-state index is 0. The Morgan fingerprint density at radius 2 is 2.14 bits per heavy atom. The molecule has 119 valence electrons. The smallest absolute Gasteiger partial charge is 0.304 e. The number of piperidine rings is 1. The molecule has 0 saturated carbocycles. The largest absolute Gasteiger partial charge is 0.326 e. The second kappa shape index (κ2) is 7.78. The van der Waals surface area contributed by atoms with Crippen LogP contribution in [-0.2, 0) is 22.1 Å². The van der Waals surface area contributed by atoms with E-state index in [1.807, 2.05) is 11.8 Å². The topological polar surface area (TPSA) is 87.5 Å². The molecule has 1 aromatic heterocycles. The molecule has 1 amide bonds. The minimum atomic E-state index is -3.93.